The van der Waals surface area contributed by atoms with Crippen molar-refractivity contribution in [2.75, 3.05) is 6.54 Å². The van der Waals surface area contributed by atoms with Gasteiger partial charge in [0.25, 0.3) is 11.8 Å². The van der Waals surface area contributed by atoms with E-state index in [0.717, 1.165) is 36.1 Å². The second-order valence-electron chi connectivity index (χ2n) is 7.90. The van der Waals surface area contributed by atoms with Crippen LogP contribution in [0.1, 0.15) is 67.9 Å². The summed E-state index contributed by atoms with van der Waals surface area (Å²) in [5.74, 6) is 0.985. The number of carbonyl (C=O) groups excluding carboxylic acids is 2. The van der Waals surface area contributed by atoms with Gasteiger partial charge < -0.3 is 4.42 Å². The normalized spacial score (nSPS) is 14.3. The average molecular weight is 426 g/mol. The summed E-state index contributed by atoms with van der Waals surface area (Å²) in [5.41, 5.74) is 3.64. The van der Waals surface area contributed by atoms with E-state index in [1.807, 2.05) is 44.2 Å². The molecule has 0 saturated carbocycles. The summed E-state index contributed by atoms with van der Waals surface area (Å²) in [7, 11) is 0. The Morgan fingerprint density at radius 1 is 0.933 bits per heavy atom. The van der Waals surface area contributed by atoms with Crippen LogP contribution < -0.4 is 0 Å². The number of hydrogen-bond donors (Lipinski definition) is 0. The first-order valence-corrected chi connectivity index (χ1v) is 11.8. The fourth-order valence-corrected chi connectivity index (χ4v) is 4.66. The van der Waals surface area contributed by atoms with Gasteiger partial charge in [0, 0.05) is 6.54 Å². The third kappa shape index (κ3) is 5.25. The second-order valence-corrected chi connectivity index (χ2v) is 8.89. The lowest BCUT2D eigenvalue weighted by Crippen LogP contribution is -2.32. The van der Waals surface area contributed by atoms with E-state index in [-0.39, 0.29) is 11.8 Å². The number of furan rings is 1. The molecule has 0 spiro atoms. The van der Waals surface area contributed by atoms with Crippen LogP contribution in [0.15, 0.2) is 45.9 Å². The molecule has 0 fully saturated rings. The molecule has 0 unspecified atom stereocenters. The Hall–Kier alpha value is -2.27. The highest BCUT2D eigenvalue weighted by Gasteiger charge is 2.38. The molecule has 4 nitrogen and oxygen atoms in total. The summed E-state index contributed by atoms with van der Waals surface area (Å²) in [6, 6.07) is 9.70. The molecular weight excluding hydrogens is 394 g/mol. The van der Waals surface area contributed by atoms with Crippen LogP contribution in [0.25, 0.3) is 5.57 Å². The number of imide groups is 1. The average Bonchev–Trinajstić information content (AvgIpc) is 3.33. The van der Waals surface area contributed by atoms with E-state index in [9.17, 15) is 9.59 Å². The van der Waals surface area contributed by atoms with Crippen LogP contribution in [0.2, 0.25) is 0 Å². The summed E-state index contributed by atoms with van der Waals surface area (Å²) in [6.07, 6.45) is 8.36. The fourth-order valence-electron chi connectivity index (χ4n) is 3.63. The van der Waals surface area contributed by atoms with Gasteiger partial charge in [0.1, 0.15) is 5.76 Å². The van der Waals surface area contributed by atoms with E-state index in [1.165, 1.54) is 41.5 Å². The monoisotopic (exact) mass is 425 g/mol. The Balaban J connectivity index is 1.78. The number of thioether (sulfide) groups is 1. The maximum absolute atomic E-state index is 13.3. The quantitative estimate of drug-likeness (QED) is 0.314. The molecule has 2 aromatic rings. The minimum atomic E-state index is -0.168. The SMILES string of the molecule is CCCCCCCCN1C(=O)C(SCc2ccco2)=C(c2ccc(C)c(C)c2)C1=O. The van der Waals surface area contributed by atoms with Gasteiger partial charge in [-0.3, -0.25) is 14.5 Å². The van der Waals surface area contributed by atoms with Crippen LogP contribution in [-0.4, -0.2) is 23.3 Å². The first-order valence-electron chi connectivity index (χ1n) is 10.9. The van der Waals surface area contributed by atoms with Crippen molar-refractivity contribution < 1.29 is 14.0 Å². The van der Waals surface area contributed by atoms with Gasteiger partial charge in [-0.15, -0.1) is 11.8 Å². The molecule has 1 aliphatic heterocycles. The van der Waals surface area contributed by atoms with Crippen LogP contribution in [-0.2, 0) is 15.3 Å². The molecule has 1 aromatic heterocycles. The van der Waals surface area contributed by atoms with E-state index in [4.69, 9.17) is 4.42 Å². The molecule has 0 atom stereocenters. The fraction of sp³-hybridized carbons (Fsp3) is 0.440. The van der Waals surface area contributed by atoms with Crippen molar-refractivity contribution in [2.45, 2.75) is 65.0 Å². The van der Waals surface area contributed by atoms with E-state index in [1.54, 1.807) is 6.26 Å². The molecule has 2 amide bonds. The summed E-state index contributed by atoms with van der Waals surface area (Å²) in [5, 5.41) is 0. The van der Waals surface area contributed by atoms with Crippen molar-refractivity contribution in [3.05, 3.63) is 64.0 Å². The highest BCUT2D eigenvalue weighted by molar-refractivity contribution is 8.03. The summed E-state index contributed by atoms with van der Waals surface area (Å²) < 4.78 is 5.42. The van der Waals surface area contributed by atoms with Gasteiger partial charge in [0.05, 0.1) is 22.5 Å². The van der Waals surface area contributed by atoms with E-state index in [0.29, 0.717) is 22.8 Å². The molecular formula is C25H31NO3S. The zero-order valence-electron chi connectivity index (χ0n) is 18.2. The van der Waals surface area contributed by atoms with Gasteiger partial charge >= 0.3 is 0 Å². The van der Waals surface area contributed by atoms with Gasteiger partial charge in [-0.25, -0.2) is 0 Å². The Bertz CT molecular complexity index is 914. The maximum atomic E-state index is 13.3. The molecule has 0 aliphatic carbocycles. The lowest BCUT2D eigenvalue weighted by molar-refractivity contribution is -0.136. The molecule has 0 bridgehead atoms. The molecule has 0 saturated heterocycles. The molecule has 2 heterocycles. The van der Waals surface area contributed by atoms with Crippen molar-refractivity contribution in [3.8, 4) is 0 Å². The molecule has 30 heavy (non-hydrogen) atoms. The zero-order valence-corrected chi connectivity index (χ0v) is 19.0. The van der Waals surface area contributed by atoms with E-state index >= 15 is 0 Å². The largest absolute Gasteiger partial charge is 0.468 e. The number of benzene rings is 1. The molecule has 5 heteroatoms. The van der Waals surface area contributed by atoms with Crippen molar-refractivity contribution in [1.29, 1.82) is 0 Å². The Labute approximate surface area is 183 Å². The minimum absolute atomic E-state index is 0.168. The number of unbranched alkanes of at least 4 members (excludes halogenated alkanes) is 5. The Kier molecular flexibility index (Phi) is 7.97. The van der Waals surface area contributed by atoms with Gasteiger partial charge in [-0.1, -0.05) is 57.2 Å². The predicted molar refractivity (Wildman–Crippen MR) is 123 cm³/mol. The Morgan fingerprint density at radius 2 is 1.70 bits per heavy atom. The third-order valence-corrected chi connectivity index (χ3v) is 6.69. The van der Waals surface area contributed by atoms with Gasteiger partial charge in [0.15, 0.2) is 0 Å². The van der Waals surface area contributed by atoms with Crippen molar-refractivity contribution in [1.82, 2.24) is 4.90 Å². The lowest BCUT2D eigenvalue weighted by atomic mass is 10.0. The second kappa shape index (κ2) is 10.7. The Morgan fingerprint density at radius 3 is 2.40 bits per heavy atom. The molecule has 0 radical (unpaired) electrons. The number of amides is 2. The number of carbonyl (C=O) groups is 2. The number of rotatable bonds is 11. The highest BCUT2D eigenvalue weighted by Crippen LogP contribution is 2.38. The number of nitrogens with zero attached hydrogens (tertiary/aromatic N) is 1. The van der Waals surface area contributed by atoms with Crippen LogP contribution in [0.4, 0.5) is 0 Å². The first kappa shape index (κ1) is 22.4. The smallest absolute Gasteiger partial charge is 0.267 e. The van der Waals surface area contributed by atoms with Gasteiger partial charge in [0.2, 0.25) is 0 Å². The van der Waals surface area contributed by atoms with Crippen LogP contribution in [0.5, 0.6) is 0 Å². The maximum Gasteiger partial charge on any atom is 0.267 e. The lowest BCUT2D eigenvalue weighted by Gasteiger charge is -2.15. The predicted octanol–water partition coefficient (Wildman–Crippen LogP) is 6.27. The molecule has 160 valence electrons. The molecule has 3 rings (SSSR count). The first-order chi connectivity index (χ1) is 14.5. The van der Waals surface area contributed by atoms with E-state index < -0.39 is 0 Å². The molecule has 1 aromatic carbocycles. The minimum Gasteiger partial charge on any atom is -0.468 e. The topological polar surface area (TPSA) is 50.5 Å². The number of aryl methyl sites for hydroxylation is 2. The van der Waals surface area contributed by atoms with Crippen LogP contribution in [0.3, 0.4) is 0 Å². The standard InChI is InChI=1S/C25H31NO3S/c1-4-5-6-7-8-9-14-26-24(27)22(20-13-12-18(2)19(3)16-20)23(25(26)28)30-17-21-11-10-15-29-21/h10-13,15-16H,4-9,14,17H2,1-3H3. The van der Waals surface area contributed by atoms with E-state index in [2.05, 4.69) is 6.92 Å². The molecule has 0 N–H and O–H groups in total. The van der Waals surface area contributed by atoms with Crippen LogP contribution >= 0.6 is 11.8 Å². The van der Waals surface area contributed by atoms with Gasteiger partial charge in [-0.05, 0) is 49.1 Å². The summed E-state index contributed by atoms with van der Waals surface area (Å²) in [4.78, 5) is 28.4. The van der Waals surface area contributed by atoms with Crippen molar-refractivity contribution in [3.63, 3.8) is 0 Å². The third-order valence-electron chi connectivity index (χ3n) is 5.60. The summed E-state index contributed by atoms with van der Waals surface area (Å²) >= 11 is 1.39. The van der Waals surface area contributed by atoms with Crippen LogP contribution in [0, 0.1) is 13.8 Å². The summed E-state index contributed by atoms with van der Waals surface area (Å²) in [6.45, 7) is 6.77. The highest BCUT2D eigenvalue weighted by atomic mass is 32.2. The van der Waals surface area contributed by atoms with Crippen molar-refractivity contribution >= 4 is 29.1 Å². The zero-order chi connectivity index (χ0) is 21.5. The number of hydrogen-bond acceptors (Lipinski definition) is 4. The molecule has 1 aliphatic rings. The van der Waals surface area contributed by atoms with Gasteiger partial charge in [-0.2, -0.15) is 0 Å². The van der Waals surface area contributed by atoms with Crippen molar-refractivity contribution in [2.24, 2.45) is 0 Å².